The largest absolute Gasteiger partial charge is 0.340 e. The van der Waals surface area contributed by atoms with Crippen molar-refractivity contribution in [3.8, 4) is 0 Å². The molecule has 0 spiro atoms. The molecule has 1 atom stereocenters. The maximum Gasteiger partial charge on any atom is 0.243 e. The molecule has 1 aliphatic rings. The second-order valence-corrected chi connectivity index (χ2v) is 7.94. The number of halogens is 2. The monoisotopic (exact) mass is 381 g/mol. The maximum absolute atomic E-state index is 12.4. The third-order valence-electron chi connectivity index (χ3n) is 3.69. The van der Waals surface area contributed by atoms with E-state index in [1.54, 1.807) is 4.90 Å². The predicted molar refractivity (Wildman–Crippen MR) is 92.3 cm³/mol. The molecule has 2 rings (SSSR count). The molecule has 0 saturated carbocycles. The lowest BCUT2D eigenvalue weighted by Crippen LogP contribution is -2.49. The summed E-state index contributed by atoms with van der Waals surface area (Å²) < 4.78 is 25.9. The van der Waals surface area contributed by atoms with Crippen molar-refractivity contribution in [3.63, 3.8) is 0 Å². The summed E-state index contributed by atoms with van der Waals surface area (Å²) in [7, 11) is -2.31. The van der Waals surface area contributed by atoms with Crippen molar-refractivity contribution >= 4 is 39.9 Å². The Kier molecular flexibility index (Phi) is 7.29. The highest BCUT2D eigenvalue weighted by atomic mass is 35.5. The summed E-state index contributed by atoms with van der Waals surface area (Å²) in [5.41, 5.74) is 5.85. The highest BCUT2D eigenvalue weighted by Crippen LogP contribution is 2.18. The molecule has 6 nitrogen and oxygen atoms in total. The van der Waals surface area contributed by atoms with Crippen LogP contribution in [0.5, 0.6) is 0 Å². The van der Waals surface area contributed by atoms with Gasteiger partial charge in [-0.1, -0.05) is 11.6 Å². The summed E-state index contributed by atoms with van der Waals surface area (Å²) in [4.78, 5) is 14.0. The maximum atomic E-state index is 12.4. The van der Waals surface area contributed by atoms with Gasteiger partial charge in [-0.25, -0.2) is 8.42 Å². The van der Waals surface area contributed by atoms with Gasteiger partial charge in [-0.2, -0.15) is 4.31 Å². The second kappa shape index (κ2) is 8.30. The summed E-state index contributed by atoms with van der Waals surface area (Å²) in [6.45, 7) is 0.909. The van der Waals surface area contributed by atoms with E-state index >= 15 is 0 Å². The molecule has 1 aliphatic heterocycles. The Hall–Kier alpha value is -0.860. The molecule has 0 aromatic heterocycles. The predicted octanol–water partition coefficient (Wildman–Crippen LogP) is 1.33. The lowest BCUT2D eigenvalue weighted by atomic mass is 10.1. The van der Waals surface area contributed by atoms with Gasteiger partial charge in [0.2, 0.25) is 15.9 Å². The molecule has 130 valence electrons. The number of benzene rings is 1. The third-order valence-corrected chi connectivity index (χ3v) is 5.76. The highest BCUT2D eigenvalue weighted by molar-refractivity contribution is 7.89. The average Bonchev–Trinajstić information content (AvgIpc) is 2.47. The van der Waals surface area contributed by atoms with Gasteiger partial charge in [0.25, 0.3) is 0 Å². The van der Waals surface area contributed by atoms with Gasteiger partial charge >= 0.3 is 0 Å². The number of likely N-dealkylation sites (tertiary alicyclic amines) is 1. The van der Waals surface area contributed by atoms with Crippen molar-refractivity contribution in [1.82, 2.24) is 9.21 Å². The van der Waals surface area contributed by atoms with E-state index in [1.165, 1.54) is 31.3 Å². The van der Waals surface area contributed by atoms with E-state index in [4.69, 9.17) is 17.3 Å². The Bertz CT molecular complexity index is 637. The summed E-state index contributed by atoms with van der Waals surface area (Å²) in [5, 5.41) is 0.458. The number of sulfonamides is 1. The zero-order valence-electron chi connectivity index (χ0n) is 12.8. The molecule has 1 fully saturated rings. The van der Waals surface area contributed by atoms with Gasteiger partial charge in [-0.15, -0.1) is 12.4 Å². The van der Waals surface area contributed by atoms with Crippen LogP contribution in [0.1, 0.15) is 12.8 Å². The van der Waals surface area contributed by atoms with Crippen molar-refractivity contribution < 1.29 is 13.2 Å². The Morgan fingerprint density at radius 2 is 2.00 bits per heavy atom. The van der Waals surface area contributed by atoms with Gasteiger partial charge in [0.1, 0.15) is 0 Å². The topological polar surface area (TPSA) is 83.7 Å². The first-order valence-electron chi connectivity index (χ1n) is 7.06. The van der Waals surface area contributed by atoms with E-state index in [-0.39, 0.29) is 35.8 Å². The van der Waals surface area contributed by atoms with Crippen molar-refractivity contribution in [2.24, 2.45) is 5.73 Å². The van der Waals surface area contributed by atoms with Crippen LogP contribution in [0.15, 0.2) is 29.2 Å². The smallest absolute Gasteiger partial charge is 0.243 e. The molecule has 0 aliphatic carbocycles. The molecule has 9 heteroatoms. The fraction of sp³-hybridized carbons (Fsp3) is 0.500. The van der Waals surface area contributed by atoms with Crippen molar-refractivity contribution in [1.29, 1.82) is 0 Å². The van der Waals surface area contributed by atoms with Crippen LogP contribution in [-0.4, -0.2) is 56.3 Å². The molecule has 1 aromatic rings. The van der Waals surface area contributed by atoms with Crippen LogP contribution in [0.25, 0.3) is 0 Å². The minimum Gasteiger partial charge on any atom is -0.340 e. The lowest BCUT2D eigenvalue weighted by molar-refractivity contribution is -0.132. The fourth-order valence-corrected chi connectivity index (χ4v) is 3.64. The SMILES string of the molecule is CN(CC(=O)N1CCCC(N)C1)S(=O)(=O)c1ccc(Cl)cc1.Cl. The number of likely N-dealkylation sites (N-methyl/N-ethyl adjacent to an activating group) is 1. The normalized spacial score (nSPS) is 18.6. The minimum atomic E-state index is -3.71. The van der Waals surface area contributed by atoms with Crippen molar-refractivity contribution in [3.05, 3.63) is 29.3 Å². The highest BCUT2D eigenvalue weighted by Gasteiger charge is 2.27. The van der Waals surface area contributed by atoms with Crippen LogP contribution >= 0.6 is 24.0 Å². The standard InChI is InChI=1S/C14H20ClN3O3S.ClH/c1-17(10-14(19)18-8-2-3-12(16)9-18)22(20,21)13-6-4-11(15)5-7-13;/h4-7,12H,2-3,8-10,16H2,1H3;1H. The third kappa shape index (κ3) is 5.06. The second-order valence-electron chi connectivity index (χ2n) is 5.46. The molecule has 1 saturated heterocycles. The number of hydrogen-bond donors (Lipinski definition) is 1. The zero-order chi connectivity index (χ0) is 16.3. The van der Waals surface area contributed by atoms with Gasteiger partial charge in [-0.05, 0) is 37.1 Å². The first-order valence-corrected chi connectivity index (χ1v) is 8.88. The van der Waals surface area contributed by atoms with E-state index in [2.05, 4.69) is 0 Å². The van der Waals surface area contributed by atoms with E-state index in [9.17, 15) is 13.2 Å². The number of carbonyl (C=O) groups excluding carboxylic acids is 1. The van der Waals surface area contributed by atoms with Crippen molar-refractivity contribution in [2.45, 2.75) is 23.8 Å². The Balaban J connectivity index is 0.00000264. The minimum absolute atomic E-state index is 0. The van der Waals surface area contributed by atoms with Crippen LogP contribution in [0.2, 0.25) is 5.02 Å². The quantitative estimate of drug-likeness (QED) is 0.852. The van der Waals surface area contributed by atoms with Crippen LogP contribution in [0.3, 0.4) is 0 Å². The molecule has 23 heavy (non-hydrogen) atoms. The van der Waals surface area contributed by atoms with Gasteiger partial charge in [0.15, 0.2) is 0 Å². The fourth-order valence-electron chi connectivity index (χ4n) is 2.40. The van der Waals surface area contributed by atoms with Gasteiger partial charge in [-0.3, -0.25) is 4.79 Å². The molecule has 1 aromatic carbocycles. The number of nitrogens with two attached hydrogens (primary N) is 1. The molecule has 1 amide bonds. The Labute approximate surface area is 148 Å². The van der Waals surface area contributed by atoms with E-state index in [1.807, 2.05) is 0 Å². The van der Waals surface area contributed by atoms with Crippen LogP contribution < -0.4 is 5.73 Å². The molecular weight excluding hydrogens is 361 g/mol. The molecule has 0 bridgehead atoms. The summed E-state index contributed by atoms with van der Waals surface area (Å²) in [6.07, 6.45) is 1.74. The number of nitrogens with zero attached hydrogens (tertiary/aromatic N) is 2. The molecule has 1 unspecified atom stereocenters. The Morgan fingerprint density at radius 3 is 2.57 bits per heavy atom. The van der Waals surface area contributed by atoms with Gasteiger partial charge < -0.3 is 10.6 Å². The number of carbonyl (C=O) groups is 1. The van der Waals surface area contributed by atoms with Crippen LogP contribution in [0.4, 0.5) is 0 Å². The van der Waals surface area contributed by atoms with Crippen LogP contribution in [-0.2, 0) is 14.8 Å². The van der Waals surface area contributed by atoms with Crippen molar-refractivity contribution in [2.75, 3.05) is 26.7 Å². The lowest BCUT2D eigenvalue weighted by Gasteiger charge is -2.31. The summed E-state index contributed by atoms with van der Waals surface area (Å²) in [6, 6.07) is 5.84. The van der Waals surface area contributed by atoms with Gasteiger partial charge in [0.05, 0.1) is 11.4 Å². The molecule has 2 N–H and O–H groups in total. The molecule has 0 radical (unpaired) electrons. The van der Waals surface area contributed by atoms with Gasteiger partial charge in [0, 0.05) is 31.2 Å². The number of hydrogen-bond acceptors (Lipinski definition) is 4. The first-order chi connectivity index (χ1) is 10.3. The average molecular weight is 382 g/mol. The summed E-state index contributed by atoms with van der Waals surface area (Å²) >= 11 is 5.76. The van der Waals surface area contributed by atoms with E-state index in [0.29, 0.717) is 18.1 Å². The van der Waals surface area contributed by atoms with E-state index in [0.717, 1.165) is 17.1 Å². The zero-order valence-corrected chi connectivity index (χ0v) is 15.2. The van der Waals surface area contributed by atoms with Crippen LogP contribution in [0, 0.1) is 0 Å². The molecule has 1 heterocycles. The number of piperidine rings is 1. The first kappa shape index (κ1) is 20.2. The summed E-state index contributed by atoms with van der Waals surface area (Å²) in [5.74, 6) is -0.227. The Morgan fingerprint density at radius 1 is 1.39 bits per heavy atom. The van der Waals surface area contributed by atoms with E-state index < -0.39 is 10.0 Å². The number of rotatable bonds is 4. The molecular formula is C14H21Cl2N3O3S. The number of amides is 1.